The molecule has 31 heavy (non-hydrogen) atoms. The van der Waals surface area contributed by atoms with E-state index < -0.39 is 11.7 Å². The summed E-state index contributed by atoms with van der Waals surface area (Å²) < 4.78 is 19.9. The van der Waals surface area contributed by atoms with Crippen molar-refractivity contribution in [3.8, 4) is 5.75 Å². The molecule has 0 aliphatic rings. The van der Waals surface area contributed by atoms with Crippen LogP contribution in [0.3, 0.4) is 0 Å². The average molecular weight is 552 g/mol. The van der Waals surface area contributed by atoms with E-state index in [-0.39, 0.29) is 29.0 Å². The second-order valence-corrected chi connectivity index (χ2v) is 7.87. The number of rotatable bonds is 7. The Morgan fingerprint density at radius 3 is 2.65 bits per heavy atom. The van der Waals surface area contributed by atoms with Gasteiger partial charge >= 0.3 is 0 Å². The molecule has 0 fully saturated rings. The number of nitrogens with zero attached hydrogens (tertiary/aromatic N) is 1. The molecule has 0 heterocycles. The van der Waals surface area contributed by atoms with Gasteiger partial charge in [0.05, 0.1) is 16.9 Å². The molecule has 0 aliphatic carbocycles. The number of carbonyl (C=O) groups excluding carboxylic acids is 2. The van der Waals surface area contributed by atoms with Crippen molar-refractivity contribution in [3.63, 3.8) is 0 Å². The number of carbonyl (C=O) groups is 2. The monoisotopic (exact) mass is 551 g/mol. The average Bonchev–Trinajstić information content (AvgIpc) is 2.74. The fourth-order valence-corrected chi connectivity index (χ4v) is 3.25. The molecule has 158 valence electrons. The van der Waals surface area contributed by atoms with Gasteiger partial charge in [-0.25, -0.2) is 9.82 Å². The number of amides is 2. The summed E-state index contributed by atoms with van der Waals surface area (Å²) in [4.78, 5) is 24.0. The predicted octanol–water partition coefficient (Wildman–Crippen LogP) is 4.87. The van der Waals surface area contributed by atoms with Crippen LogP contribution in [0.2, 0.25) is 5.02 Å². The van der Waals surface area contributed by atoms with E-state index in [1.165, 1.54) is 24.4 Å². The van der Waals surface area contributed by atoms with E-state index in [2.05, 4.69) is 38.4 Å². The lowest BCUT2D eigenvalue weighted by atomic mass is 10.2. The normalized spacial score (nSPS) is 10.7. The number of anilines is 1. The summed E-state index contributed by atoms with van der Waals surface area (Å²) >= 11 is 8.31. The first-order chi connectivity index (χ1) is 14.9. The van der Waals surface area contributed by atoms with Gasteiger partial charge in [0.1, 0.15) is 11.6 Å². The largest absolute Gasteiger partial charge is 0.482 e. The second-order valence-electron chi connectivity index (χ2n) is 6.22. The highest BCUT2D eigenvalue weighted by Crippen LogP contribution is 2.25. The van der Waals surface area contributed by atoms with E-state index in [4.69, 9.17) is 16.3 Å². The number of para-hydroxylation sites is 1. The van der Waals surface area contributed by atoms with Gasteiger partial charge in [-0.05, 0) is 76.7 Å². The van der Waals surface area contributed by atoms with Gasteiger partial charge in [0.2, 0.25) is 0 Å². The Balaban J connectivity index is 1.53. The maximum Gasteiger partial charge on any atom is 0.271 e. The first-order valence-electron chi connectivity index (χ1n) is 8.98. The van der Waals surface area contributed by atoms with Crippen molar-refractivity contribution >= 4 is 57.9 Å². The minimum absolute atomic E-state index is 0.0704. The third-order valence-corrected chi connectivity index (χ3v) is 4.90. The van der Waals surface area contributed by atoms with Crippen molar-refractivity contribution in [1.82, 2.24) is 5.43 Å². The van der Waals surface area contributed by atoms with Gasteiger partial charge in [-0.1, -0.05) is 29.8 Å². The Labute approximate surface area is 196 Å². The molecule has 0 aliphatic heterocycles. The summed E-state index contributed by atoms with van der Waals surface area (Å²) in [7, 11) is 0. The lowest BCUT2D eigenvalue weighted by Gasteiger charge is -2.09. The lowest BCUT2D eigenvalue weighted by Crippen LogP contribution is -2.20. The van der Waals surface area contributed by atoms with Crippen LogP contribution in [0, 0.1) is 9.39 Å². The van der Waals surface area contributed by atoms with Gasteiger partial charge in [-0.15, -0.1) is 0 Å². The van der Waals surface area contributed by atoms with Crippen LogP contribution in [0.1, 0.15) is 15.9 Å². The highest BCUT2D eigenvalue weighted by atomic mass is 127. The summed E-state index contributed by atoms with van der Waals surface area (Å²) in [5.74, 6) is -1.11. The van der Waals surface area contributed by atoms with E-state index in [0.29, 0.717) is 11.1 Å². The number of hydrogen-bond acceptors (Lipinski definition) is 4. The fraction of sp³-hybridized carbons (Fsp3) is 0.0455. The van der Waals surface area contributed by atoms with Crippen molar-refractivity contribution in [3.05, 3.63) is 92.3 Å². The maximum absolute atomic E-state index is 13.6. The Bertz CT molecular complexity index is 1140. The van der Waals surface area contributed by atoms with Crippen LogP contribution in [0.4, 0.5) is 10.1 Å². The first kappa shape index (κ1) is 22.7. The molecule has 3 rings (SSSR count). The molecule has 3 aromatic carbocycles. The second kappa shape index (κ2) is 10.9. The Morgan fingerprint density at radius 2 is 1.90 bits per heavy atom. The molecule has 0 saturated heterocycles. The van der Waals surface area contributed by atoms with Gasteiger partial charge in [-0.3, -0.25) is 9.59 Å². The lowest BCUT2D eigenvalue weighted by molar-refractivity contribution is -0.118. The number of hydrogen-bond donors (Lipinski definition) is 2. The molecule has 2 amide bonds. The van der Waals surface area contributed by atoms with Crippen molar-refractivity contribution in [2.45, 2.75) is 0 Å². The third kappa shape index (κ3) is 6.76. The Hall–Kier alpha value is -2.98. The summed E-state index contributed by atoms with van der Waals surface area (Å²) in [6, 6.07) is 17.8. The number of nitrogens with one attached hydrogen (secondary N) is 2. The molecule has 2 N–H and O–H groups in total. The topological polar surface area (TPSA) is 79.8 Å². The van der Waals surface area contributed by atoms with Crippen LogP contribution in [0.25, 0.3) is 0 Å². The molecule has 0 radical (unpaired) electrons. The molecule has 3 aromatic rings. The molecular weight excluding hydrogens is 536 g/mol. The summed E-state index contributed by atoms with van der Waals surface area (Å²) in [5, 5.41) is 6.60. The van der Waals surface area contributed by atoms with E-state index in [0.717, 1.165) is 3.57 Å². The Kier molecular flexibility index (Phi) is 7.96. The Morgan fingerprint density at radius 1 is 1.10 bits per heavy atom. The van der Waals surface area contributed by atoms with Gasteiger partial charge in [0.25, 0.3) is 11.8 Å². The van der Waals surface area contributed by atoms with Gasteiger partial charge < -0.3 is 10.1 Å². The van der Waals surface area contributed by atoms with E-state index >= 15 is 0 Å². The molecule has 0 bridgehead atoms. The summed E-state index contributed by atoms with van der Waals surface area (Å²) in [5.41, 5.74) is 3.64. The molecular formula is C22H16ClFIN3O3. The minimum atomic E-state index is -0.536. The highest BCUT2D eigenvalue weighted by molar-refractivity contribution is 14.1. The highest BCUT2D eigenvalue weighted by Gasteiger charge is 2.09. The van der Waals surface area contributed by atoms with Crippen LogP contribution >= 0.6 is 34.2 Å². The smallest absolute Gasteiger partial charge is 0.271 e. The molecule has 6 nitrogen and oxygen atoms in total. The SMILES string of the molecule is O=C(COc1ccc(/C=N\NC(=O)c2cccc(I)c2)cc1Cl)Nc1ccccc1F. The molecule has 0 atom stereocenters. The van der Waals surface area contributed by atoms with Crippen molar-refractivity contribution in [1.29, 1.82) is 0 Å². The molecule has 0 aromatic heterocycles. The van der Waals surface area contributed by atoms with Crippen molar-refractivity contribution in [2.75, 3.05) is 11.9 Å². The quantitative estimate of drug-likeness (QED) is 0.250. The van der Waals surface area contributed by atoms with Gasteiger partial charge in [0, 0.05) is 9.13 Å². The molecule has 0 spiro atoms. The maximum atomic E-state index is 13.6. The molecule has 9 heteroatoms. The van der Waals surface area contributed by atoms with Gasteiger partial charge in [-0.2, -0.15) is 5.10 Å². The van der Waals surface area contributed by atoms with Crippen molar-refractivity contribution in [2.24, 2.45) is 5.10 Å². The molecule has 0 saturated carbocycles. The minimum Gasteiger partial charge on any atom is -0.482 e. The van der Waals surface area contributed by atoms with Crippen LogP contribution in [-0.4, -0.2) is 24.6 Å². The zero-order valence-electron chi connectivity index (χ0n) is 15.9. The standard InChI is InChI=1S/C22H16ClFIN3O3/c23-17-10-14(12-26-28-22(30)15-4-3-5-16(25)11-15)8-9-20(17)31-13-21(29)27-19-7-2-1-6-18(19)24/h1-12H,13H2,(H,27,29)(H,28,30)/b26-12-. The number of halogens is 3. The zero-order chi connectivity index (χ0) is 22.2. The van der Waals surface area contributed by atoms with Gasteiger partial charge in [0.15, 0.2) is 6.61 Å². The summed E-state index contributed by atoms with van der Waals surface area (Å²) in [6.45, 7) is -0.340. The fourth-order valence-electron chi connectivity index (χ4n) is 2.47. The van der Waals surface area contributed by atoms with Crippen molar-refractivity contribution < 1.29 is 18.7 Å². The predicted molar refractivity (Wildman–Crippen MR) is 126 cm³/mol. The van der Waals surface area contributed by atoms with Crippen LogP contribution in [0.5, 0.6) is 5.75 Å². The van der Waals surface area contributed by atoms with E-state index in [1.54, 1.807) is 42.5 Å². The number of benzene rings is 3. The third-order valence-electron chi connectivity index (χ3n) is 3.93. The van der Waals surface area contributed by atoms with Crippen LogP contribution in [0.15, 0.2) is 71.8 Å². The summed E-state index contributed by atoms with van der Waals surface area (Å²) in [6.07, 6.45) is 1.44. The first-order valence-corrected chi connectivity index (χ1v) is 10.4. The van der Waals surface area contributed by atoms with E-state index in [1.807, 2.05) is 6.07 Å². The number of hydrazone groups is 1. The van der Waals surface area contributed by atoms with Crippen LogP contribution in [-0.2, 0) is 4.79 Å². The number of ether oxygens (including phenoxy) is 1. The zero-order valence-corrected chi connectivity index (χ0v) is 18.9. The van der Waals surface area contributed by atoms with Crippen LogP contribution < -0.4 is 15.5 Å². The van der Waals surface area contributed by atoms with E-state index in [9.17, 15) is 14.0 Å². The molecule has 0 unspecified atom stereocenters.